The van der Waals surface area contributed by atoms with Gasteiger partial charge < -0.3 is 0 Å². The normalized spacial score (nSPS) is 10.6. The van der Waals surface area contributed by atoms with Gasteiger partial charge >= 0.3 is 0 Å². The third-order valence-corrected chi connectivity index (χ3v) is 3.96. The number of amides is 1. The second-order valence-corrected chi connectivity index (χ2v) is 5.73. The molecule has 1 heterocycles. The molecule has 22 heavy (non-hydrogen) atoms. The first-order valence-corrected chi connectivity index (χ1v) is 7.55. The van der Waals surface area contributed by atoms with Crippen molar-refractivity contribution in [1.82, 2.24) is 9.78 Å². The molecule has 0 saturated heterocycles. The van der Waals surface area contributed by atoms with Gasteiger partial charge in [-0.15, -0.1) is 0 Å². The first-order chi connectivity index (χ1) is 10.6. The second-order valence-electron chi connectivity index (χ2n) is 4.82. The van der Waals surface area contributed by atoms with Crippen LogP contribution < -0.4 is 4.90 Å². The molecule has 3 rings (SSSR count). The molecule has 0 atom stereocenters. The van der Waals surface area contributed by atoms with E-state index in [1.807, 2.05) is 55.6 Å². The predicted octanol–water partition coefficient (Wildman–Crippen LogP) is 4.19. The molecule has 1 amide bonds. The van der Waals surface area contributed by atoms with Crippen molar-refractivity contribution in [3.05, 3.63) is 65.7 Å². The smallest absolute Gasteiger partial charge is 0.256 e. The van der Waals surface area contributed by atoms with Gasteiger partial charge in [0.1, 0.15) is 0 Å². The molecule has 3 aromatic rings. The Morgan fingerprint density at radius 1 is 1.23 bits per heavy atom. The molecule has 1 aromatic heterocycles. The maximum atomic E-state index is 12.4. The Bertz CT molecular complexity index is 852. The van der Waals surface area contributed by atoms with Crippen LogP contribution in [0.3, 0.4) is 0 Å². The molecular weight excluding hydrogens is 342 g/mol. The SMILES string of the molecule is C=CC(=O)N(c1ccc(Br)cc1)c1nn(C)c2ccccc12. The van der Waals surface area contributed by atoms with E-state index in [2.05, 4.69) is 27.6 Å². The molecule has 5 heteroatoms. The van der Waals surface area contributed by atoms with Crippen molar-refractivity contribution in [2.75, 3.05) is 4.90 Å². The molecule has 0 bridgehead atoms. The number of carbonyl (C=O) groups is 1. The molecule has 0 spiro atoms. The van der Waals surface area contributed by atoms with Gasteiger partial charge in [-0.3, -0.25) is 14.4 Å². The molecule has 2 aromatic carbocycles. The molecule has 4 nitrogen and oxygen atoms in total. The van der Waals surface area contributed by atoms with Crippen LogP contribution in [0.25, 0.3) is 10.9 Å². The quantitative estimate of drug-likeness (QED) is 0.660. The number of benzene rings is 2. The van der Waals surface area contributed by atoms with Gasteiger partial charge in [-0.05, 0) is 42.5 Å². The maximum Gasteiger partial charge on any atom is 0.256 e. The van der Waals surface area contributed by atoms with Gasteiger partial charge in [0.05, 0.1) is 11.2 Å². The zero-order chi connectivity index (χ0) is 15.7. The highest BCUT2D eigenvalue weighted by molar-refractivity contribution is 9.10. The molecule has 0 saturated carbocycles. The van der Waals surface area contributed by atoms with Gasteiger partial charge in [-0.2, -0.15) is 5.10 Å². The molecule has 0 aliphatic heterocycles. The largest absolute Gasteiger partial charge is 0.269 e. The van der Waals surface area contributed by atoms with Crippen LogP contribution in [0.2, 0.25) is 0 Å². The summed E-state index contributed by atoms with van der Waals surface area (Å²) in [6.07, 6.45) is 1.30. The molecule has 0 fully saturated rings. The van der Waals surface area contributed by atoms with E-state index >= 15 is 0 Å². The van der Waals surface area contributed by atoms with E-state index in [0.717, 1.165) is 21.1 Å². The lowest BCUT2D eigenvalue weighted by Crippen LogP contribution is -2.24. The number of carbonyl (C=O) groups excluding carboxylic acids is 1. The summed E-state index contributed by atoms with van der Waals surface area (Å²) in [6, 6.07) is 15.3. The Kier molecular flexibility index (Phi) is 3.81. The molecule has 110 valence electrons. The number of hydrogen-bond donors (Lipinski definition) is 0. The van der Waals surface area contributed by atoms with E-state index in [1.54, 1.807) is 9.58 Å². The molecule has 0 aliphatic carbocycles. The number of hydrogen-bond acceptors (Lipinski definition) is 2. The summed E-state index contributed by atoms with van der Waals surface area (Å²) >= 11 is 3.41. The number of anilines is 2. The summed E-state index contributed by atoms with van der Waals surface area (Å²) < 4.78 is 2.72. The average molecular weight is 356 g/mol. The number of nitrogens with zero attached hydrogens (tertiary/aromatic N) is 3. The molecule has 0 aliphatic rings. The van der Waals surface area contributed by atoms with E-state index in [-0.39, 0.29) is 5.91 Å². The molecule has 0 N–H and O–H groups in total. The fourth-order valence-corrected chi connectivity index (χ4v) is 2.66. The minimum Gasteiger partial charge on any atom is -0.269 e. The van der Waals surface area contributed by atoms with E-state index in [4.69, 9.17) is 0 Å². The highest BCUT2D eigenvalue weighted by Gasteiger charge is 2.21. The van der Waals surface area contributed by atoms with Crippen molar-refractivity contribution in [3.63, 3.8) is 0 Å². The third kappa shape index (κ3) is 2.44. The summed E-state index contributed by atoms with van der Waals surface area (Å²) in [4.78, 5) is 14.0. The highest BCUT2D eigenvalue weighted by atomic mass is 79.9. The van der Waals surface area contributed by atoms with Crippen LogP contribution in [0, 0.1) is 0 Å². The van der Waals surface area contributed by atoms with Gasteiger partial charge in [0, 0.05) is 16.9 Å². The lowest BCUT2D eigenvalue weighted by Gasteiger charge is -2.19. The summed E-state index contributed by atoms with van der Waals surface area (Å²) in [5, 5.41) is 5.44. The number of halogens is 1. The van der Waals surface area contributed by atoms with Crippen molar-refractivity contribution in [1.29, 1.82) is 0 Å². The van der Waals surface area contributed by atoms with Crippen LogP contribution in [-0.4, -0.2) is 15.7 Å². The summed E-state index contributed by atoms with van der Waals surface area (Å²) in [7, 11) is 1.87. The summed E-state index contributed by atoms with van der Waals surface area (Å²) in [5.41, 5.74) is 1.72. The number of aromatic nitrogens is 2. The van der Waals surface area contributed by atoms with Crippen LogP contribution in [0.1, 0.15) is 0 Å². The van der Waals surface area contributed by atoms with Crippen LogP contribution in [0.4, 0.5) is 11.5 Å². The minimum absolute atomic E-state index is 0.217. The number of rotatable bonds is 3. The Labute approximate surface area is 136 Å². The highest BCUT2D eigenvalue weighted by Crippen LogP contribution is 2.32. The molecular formula is C17H14BrN3O. The average Bonchev–Trinajstić information content (AvgIpc) is 2.87. The van der Waals surface area contributed by atoms with Gasteiger partial charge in [-0.1, -0.05) is 34.6 Å². The van der Waals surface area contributed by atoms with Gasteiger partial charge in [-0.25, -0.2) is 0 Å². The topological polar surface area (TPSA) is 38.1 Å². The first kappa shape index (κ1) is 14.5. The Hall–Kier alpha value is -2.40. The van der Waals surface area contributed by atoms with Crippen molar-refractivity contribution in [2.45, 2.75) is 0 Å². The Balaban J connectivity index is 2.23. The second kappa shape index (κ2) is 5.77. The van der Waals surface area contributed by atoms with Crippen molar-refractivity contribution >= 4 is 44.2 Å². The van der Waals surface area contributed by atoms with Gasteiger partial charge in [0.25, 0.3) is 5.91 Å². The summed E-state index contributed by atoms with van der Waals surface area (Å²) in [6.45, 7) is 3.60. The van der Waals surface area contributed by atoms with E-state index < -0.39 is 0 Å². The van der Waals surface area contributed by atoms with E-state index in [1.165, 1.54) is 6.08 Å². The maximum absolute atomic E-state index is 12.4. The summed E-state index contributed by atoms with van der Waals surface area (Å²) in [5.74, 6) is 0.386. The Morgan fingerprint density at radius 2 is 1.91 bits per heavy atom. The standard InChI is InChI=1S/C17H14BrN3O/c1-3-16(22)21(13-10-8-12(18)9-11-13)17-14-6-4-5-7-15(14)20(2)19-17/h3-11H,1H2,2H3. The van der Waals surface area contributed by atoms with Gasteiger partial charge in [0.15, 0.2) is 5.82 Å². The van der Waals surface area contributed by atoms with Gasteiger partial charge in [0.2, 0.25) is 0 Å². The predicted molar refractivity (Wildman–Crippen MR) is 92.2 cm³/mol. The lowest BCUT2D eigenvalue weighted by atomic mass is 10.2. The van der Waals surface area contributed by atoms with Crippen LogP contribution >= 0.6 is 15.9 Å². The van der Waals surface area contributed by atoms with E-state index in [0.29, 0.717) is 5.82 Å². The molecule has 0 radical (unpaired) electrons. The zero-order valence-corrected chi connectivity index (χ0v) is 13.6. The number of para-hydroxylation sites is 1. The monoisotopic (exact) mass is 355 g/mol. The lowest BCUT2D eigenvalue weighted by molar-refractivity contribution is -0.113. The fraction of sp³-hybridized carbons (Fsp3) is 0.0588. The van der Waals surface area contributed by atoms with Crippen molar-refractivity contribution < 1.29 is 4.79 Å². The Morgan fingerprint density at radius 3 is 2.59 bits per heavy atom. The zero-order valence-electron chi connectivity index (χ0n) is 12.0. The first-order valence-electron chi connectivity index (χ1n) is 6.75. The fourth-order valence-electron chi connectivity index (χ4n) is 2.40. The third-order valence-electron chi connectivity index (χ3n) is 3.43. The molecule has 0 unspecified atom stereocenters. The van der Waals surface area contributed by atoms with Crippen molar-refractivity contribution in [3.8, 4) is 0 Å². The van der Waals surface area contributed by atoms with Crippen LogP contribution in [0.5, 0.6) is 0 Å². The van der Waals surface area contributed by atoms with Crippen LogP contribution in [-0.2, 0) is 11.8 Å². The number of aryl methyl sites for hydroxylation is 1. The van der Waals surface area contributed by atoms with Crippen LogP contribution in [0.15, 0.2) is 65.7 Å². The van der Waals surface area contributed by atoms with E-state index in [9.17, 15) is 4.79 Å². The van der Waals surface area contributed by atoms with Crippen molar-refractivity contribution in [2.24, 2.45) is 7.05 Å². The minimum atomic E-state index is -0.217. The number of fused-ring (bicyclic) bond motifs is 1.